The molecule has 0 spiro atoms. The molecule has 0 saturated heterocycles. The minimum absolute atomic E-state index is 0.0745. The van der Waals surface area contributed by atoms with E-state index in [1.54, 1.807) is 12.2 Å². The van der Waals surface area contributed by atoms with Crippen molar-refractivity contribution in [3.05, 3.63) is 23.8 Å². The van der Waals surface area contributed by atoms with Gasteiger partial charge in [0.25, 0.3) is 0 Å². The average molecular weight is 222 g/mol. The lowest BCUT2D eigenvalue weighted by atomic mass is 9.85. The topological polar surface area (TPSA) is 37.3 Å². The van der Waals surface area contributed by atoms with Crippen LogP contribution in [0.1, 0.15) is 40.0 Å². The predicted molar refractivity (Wildman–Crippen MR) is 66.1 cm³/mol. The largest absolute Gasteiger partial charge is 0.388 e. The summed E-state index contributed by atoms with van der Waals surface area (Å²) in [5.74, 6) is 0.435. The zero-order valence-corrected chi connectivity index (χ0v) is 10.4. The molecule has 0 amide bonds. The Labute approximate surface area is 98.1 Å². The van der Waals surface area contributed by atoms with E-state index in [2.05, 4.69) is 13.8 Å². The highest BCUT2D eigenvalue weighted by molar-refractivity contribution is 5.93. The Morgan fingerprint density at radius 2 is 2.25 bits per heavy atom. The minimum atomic E-state index is -0.615. The van der Waals surface area contributed by atoms with E-state index in [0.717, 1.165) is 24.8 Å². The fraction of sp³-hybridized carbons (Fsp3) is 0.643. The number of carbonyl (C=O) groups is 1. The fourth-order valence-electron chi connectivity index (χ4n) is 1.91. The number of hydrogen-bond donors (Lipinski definition) is 1. The van der Waals surface area contributed by atoms with E-state index in [1.807, 2.05) is 13.0 Å². The molecule has 90 valence electrons. The molecule has 0 aromatic rings. The molecule has 0 aromatic carbocycles. The summed E-state index contributed by atoms with van der Waals surface area (Å²) in [6.45, 7) is 6.23. The summed E-state index contributed by atoms with van der Waals surface area (Å²) in [5, 5.41) is 9.91. The van der Waals surface area contributed by atoms with Crippen molar-refractivity contribution < 1.29 is 9.90 Å². The van der Waals surface area contributed by atoms with Crippen LogP contribution in [0.4, 0.5) is 0 Å². The molecule has 1 aliphatic carbocycles. The monoisotopic (exact) mass is 222 g/mol. The highest BCUT2D eigenvalue weighted by Gasteiger charge is 2.26. The molecular weight excluding hydrogens is 200 g/mol. The van der Waals surface area contributed by atoms with Gasteiger partial charge in [-0.15, -0.1) is 0 Å². The molecular formula is C14H22O2. The number of ketones is 1. The quantitative estimate of drug-likeness (QED) is 0.743. The van der Waals surface area contributed by atoms with E-state index < -0.39 is 6.10 Å². The Morgan fingerprint density at radius 3 is 2.81 bits per heavy atom. The standard InChI is InChI=1S/C14H22O2/c1-10(2)5-4-6-13(15)12-8-7-11(3)9-14(12)16/h4,6,9-10,12-13,15H,5,7-8H2,1-3H3/b6-4+/t12-,13+/m1/s1. The van der Waals surface area contributed by atoms with Gasteiger partial charge in [0.2, 0.25) is 0 Å². The third kappa shape index (κ3) is 3.93. The normalized spacial score (nSPS) is 23.9. The van der Waals surface area contributed by atoms with Crippen LogP contribution in [0.2, 0.25) is 0 Å². The summed E-state index contributed by atoms with van der Waals surface area (Å²) in [7, 11) is 0. The van der Waals surface area contributed by atoms with Gasteiger partial charge in [-0.05, 0) is 38.2 Å². The van der Waals surface area contributed by atoms with Gasteiger partial charge in [0.05, 0.1) is 12.0 Å². The molecule has 0 unspecified atom stereocenters. The molecule has 1 aliphatic rings. The molecule has 0 fully saturated rings. The zero-order chi connectivity index (χ0) is 12.1. The minimum Gasteiger partial charge on any atom is -0.388 e. The van der Waals surface area contributed by atoms with Crippen LogP contribution in [0.3, 0.4) is 0 Å². The van der Waals surface area contributed by atoms with Crippen LogP contribution in [-0.4, -0.2) is 17.0 Å². The van der Waals surface area contributed by atoms with Gasteiger partial charge in [-0.2, -0.15) is 0 Å². The van der Waals surface area contributed by atoms with Crippen LogP contribution < -0.4 is 0 Å². The third-order valence-corrected chi connectivity index (χ3v) is 2.96. The van der Waals surface area contributed by atoms with Crippen molar-refractivity contribution in [1.29, 1.82) is 0 Å². The van der Waals surface area contributed by atoms with E-state index in [9.17, 15) is 9.90 Å². The van der Waals surface area contributed by atoms with E-state index in [0.29, 0.717) is 5.92 Å². The Balaban J connectivity index is 2.52. The van der Waals surface area contributed by atoms with Gasteiger partial charge in [-0.1, -0.05) is 31.6 Å². The zero-order valence-electron chi connectivity index (χ0n) is 10.4. The van der Waals surface area contributed by atoms with Gasteiger partial charge in [0.15, 0.2) is 5.78 Å². The summed E-state index contributed by atoms with van der Waals surface area (Å²) in [5.41, 5.74) is 1.12. The first-order valence-electron chi connectivity index (χ1n) is 6.06. The molecule has 2 nitrogen and oxygen atoms in total. The van der Waals surface area contributed by atoms with Gasteiger partial charge in [-0.3, -0.25) is 4.79 Å². The maximum atomic E-state index is 11.7. The maximum absolute atomic E-state index is 11.7. The van der Waals surface area contributed by atoms with Gasteiger partial charge in [-0.25, -0.2) is 0 Å². The number of hydrogen-bond acceptors (Lipinski definition) is 2. The van der Waals surface area contributed by atoms with Crippen LogP contribution in [0, 0.1) is 11.8 Å². The molecule has 0 heterocycles. The second-order valence-corrected chi connectivity index (χ2v) is 5.09. The first-order chi connectivity index (χ1) is 7.50. The van der Waals surface area contributed by atoms with Crippen LogP contribution in [0.5, 0.6) is 0 Å². The average Bonchev–Trinajstić information content (AvgIpc) is 2.16. The number of carbonyl (C=O) groups excluding carboxylic acids is 1. The summed E-state index contributed by atoms with van der Waals surface area (Å²) >= 11 is 0. The van der Waals surface area contributed by atoms with Crippen molar-refractivity contribution in [2.75, 3.05) is 0 Å². The van der Waals surface area contributed by atoms with Crippen LogP contribution in [-0.2, 0) is 4.79 Å². The fourth-order valence-corrected chi connectivity index (χ4v) is 1.91. The van der Waals surface area contributed by atoms with E-state index in [4.69, 9.17) is 0 Å². The second-order valence-electron chi connectivity index (χ2n) is 5.09. The molecule has 1 rings (SSSR count). The molecule has 0 aromatic heterocycles. The Kier molecular flexibility index (Phi) is 4.94. The Morgan fingerprint density at radius 1 is 1.56 bits per heavy atom. The summed E-state index contributed by atoms with van der Waals surface area (Å²) in [6, 6.07) is 0. The smallest absolute Gasteiger partial charge is 0.161 e. The van der Waals surface area contributed by atoms with Crippen molar-refractivity contribution >= 4 is 5.78 Å². The van der Waals surface area contributed by atoms with Crippen molar-refractivity contribution in [1.82, 2.24) is 0 Å². The van der Waals surface area contributed by atoms with Gasteiger partial charge >= 0.3 is 0 Å². The second kappa shape index (κ2) is 6.00. The first kappa shape index (κ1) is 13.2. The first-order valence-corrected chi connectivity index (χ1v) is 6.06. The highest BCUT2D eigenvalue weighted by atomic mass is 16.3. The maximum Gasteiger partial charge on any atom is 0.161 e. The van der Waals surface area contributed by atoms with E-state index in [1.165, 1.54) is 0 Å². The number of rotatable bonds is 4. The third-order valence-electron chi connectivity index (χ3n) is 2.96. The van der Waals surface area contributed by atoms with Crippen LogP contribution in [0.25, 0.3) is 0 Å². The molecule has 16 heavy (non-hydrogen) atoms. The Hall–Kier alpha value is -0.890. The van der Waals surface area contributed by atoms with Crippen LogP contribution in [0.15, 0.2) is 23.8 Å². The summed E-state index contributed by atoms with van der Waals surface area (Å²) in [6.07, 6.45) is 7.46. The molecule has 1 N–H and O–H groups in total. The molecule has 0 aliphatic heterocycles. The summed E-state index contributed by atoms with van der Waals surface area (Å²) < 4.78 is 0. The van der Waals surface area contributed by atoms with E-state index in [-0.39, 0.29) is 11.7 Å². The molecule has 2 atom stereocenters. The SMILES string of the molecule is CC1=CC(=O)[C@@H]([C@@H](O)/C=C/CC(C)C)CC1. The van der Waals surface area contributed by atoms with Crippen molar-refractivity contribution in [2.24, 2.45) is 11.8 Å². The van der Waals surface area contributed by atoms with Crippen molar-refractivity contribution in [2.45, 2.75) is 46.1 Å². The molecule has 0 radical (unpaired) electrons. The lowest BCUT2D eigenvalue weighted by molar-refractivity contribution is -0.121. The van der Waals surface area contributed by atoms with E-state index >= 15 is 0 Å². The molecule has 2 heteroatoms. The molecule has 0 bridgehead atoms. The summed E-state index contributed by atoms with van der Waals surface area (Å²) in [4.78, 5) is 11.7. The van der Waals surface area contributed by atoms with Crippen molar-refractivity contribution in [3.8, 4) is 0 Å². The number of aliphatic hydroxyl groups excluding tert-OH is 1. The highest BCUT2D eigenvalue weighted by Crippen LogP contribution is 2.24. The Bertz CT molecular complexity index is 300. The molecule has 0 saturated carbocycles. The lowest BCUT2D eigenvalue weighted by Gasteiger charge is -2.22. The predicted octanol–water partition coefficient (Wildman–Crippen LogP) is 2.88. The lowest BCUT2D eigenvalue weighted by Crippen LogP contribution is -2.28. The van der Waals surface area contributed by atoms with Crippen LogP contribution >= 0.6 is 0 Å². The van der Waals surface area contributed by atoms with Crippen molar-refractivity contribution in [3.63, 3.8) is 0 Å². The van der Waals surface area contributed by atoms with Gasteiger partial charge < -0.3 is 5.11 Å². The number of allylic oxidation sites excluding steroid dienone is 3. The number of aliphatic hydroxyl groups is 1. The van der Waals surface area contributed by atoms with Gasteiger partial charge in [0.1, 0.15) is 0 Å². The van der Waals surface area contributed by atoms with Gasteiger partial charge in [0, 0.05) is 0 Å².